The van der Waals surface area contributed by atoms with Crippen molar-refractivity contribution in [2.45, 2.75) is 78.9 Å². The fourth-order valence-electron chi connectivity index (χ4n) is 4.29. The molecule has 25 heavy (non-hydrogen) atoms. The van der Waals surface area contributed by atoms with E-state index in [4.69, 9.17) is 4.99 Å². The van der Waals surface area contributed by atoms with Gasteiger partial charge in [0.1, 0.15) is 5.84 Å². The van der Waals surface area contributed by atoms with Gasteiger partial charge in [-0.3, -0.25) is 15.0 Å². The van der Waals surface area contributed by atoms with Gasteiger partial charge in [-0.15, -0.1) is 0 Å². The summed E-state index contributed by atoms with van der Waals surface area (Å²) >= 11 is 0. The van der Waals surface area contributed by atoms with Crippen molar-refractivity contribution in [3.8, 4) is 0 Å². The lowest BCUT2D eigenvalue weighted by atomic mass is 9.87. The van der Waals surface area contributed by atoms with Crippen molar-refractivity contribution < 1.29 is 0 Å². The summed E-state index contributed by atoms with van der Waals surface area (Å²) in [5.74, 6) is 3.28. The third-order valence-electron chi connectivity index (χ3n) is 5.62. The zero-order chi connectivity index (χ0) is 18.4. The number of hydrogen-bond acceptors (Lipinski definition) is 3. The van der Waals surface area contributed by atoms with E-state index in [1.165, 1.54) is 18.7 Å². The molecule has 5 unspecified atom stereocenters. The highest BCUT2D eigenvalue weighted by atomic mass is 15.3. The second kappa shape index (κ2) is 9.35. The monoisotopic (exact) mass is 347 g/mol. The standard InChI is InChI=1S/C20H37N5/c1-7-11-23-17(6)24-15(4)19-14(3)16(5)25(20(19)22-8-2)18-10-9-12-21-13-18/h13-16,18-19H,7-12H2,1-6H3,(H,23,24)/b22-20+. The molecule has 2 rings (SSSR count). The van der Waals surface area contributed by atoms with Crippen molar-refractivity contribution in [2.24, 2.45) is 26.8 Å². The lowest BCUT2D eigenvalue weighted by molar-refractivity contribution is 0.254. The number of nitrogens with zero attached hydrogens (tertiary/aromatic N) is 4. The minimum atomic E-state index is 0.328. The van der Waals surface area contributed by atoms with E-state index in [1.54, 1.807) is 0 Å². The fourth-order valence-corrected chi connectivity index (χ4v) is 4.29. The van der Waals surface area contributed by atoms with Crippen molar-refractivity contribution in [1.29, 1.82) is 0 Å². The molecule has 0 aromatic rings. The van der Waals surface area contributed by atoms with Gasteiger partial charge in [0.2, 0.25) is 0 Å². The highest BCUT2D eigenvalue weighted by molar-refractivity contribution is 5.91. The molecule has 0 bridgehead atoms. The molecule has 2 heterocycles. The van der Waals surface area contributed by atoms with E-state index in [-0.39, 0.29) is 0 Å². The number of rotatable bonds is 6. The van der Waals surface area contributed by atoms with Crippen LogP contribution in [0.1, 0.15) is 60.8 Å². The molecule has 2 aliphatic rings. The molecule has 1 saturated heterocycles. The van der Waals surface area contributed by atoms with Crippen LogP contribution in [0.4, 0.5) is 0 Å². The van der Waals surface area contributed by atoms with Crippen LogP contribution >= 0.6 is 0 Å². The summed E-state index contributed by atoms with van der Waals surface area (Å²) in [7, 11) is 0. The quantitative estimate of drug-likeness (QED) is 0.591. The van der Waals surface area contributed by atoms with Gasteiger partial charge in [-0.2, -0.15) is 0 Å². The predicted molar refractivity (Wildman–Crippen MR) is 109 cm³/mol. The first kappa shape index (κ1) is 19.9. The molecule has 0 aromatic heterocycles. The maximum absolute atomic E-state index is 4.95. The largest absolute Gasteiger partial charge is 0.371 e. The van der Waals surface area contributed by atoms with Gasteiger partial charge in [0.15, 0.2) is 0 Å². The first-order chi connectivity index (χ1) is 12.0. The minimum Gasteiger partial charge on any atom is -0.371 e. The molecular weight excluding hydrogens is 310 g/mol. The molecule has 5 heteroatoms. The molecule has 0 aromatic carbocycles. The summed E-state index contributed by atoms with van der Waals surface area (Å²) in [5, 5.41) is 3.63. The predicted octanol–water partition coefficient (Wildman–Crippen LogP) is 3.40. The average molecular weight is 348 g/mol. The Bertz CT molecular complexity index is 510. The third-order valence-corrected chi connectivity index (χ3v) is 5.62. The van der Waals surface area contributed by atoms with Crippen LogP contribution in [-0.2, 0) is 0 Å². The summed E-state index contributed by atoms with van der Waals surface area (Å²) in [4.78, 5) is 16.7. The summed E-state index contributed by atoms with van der Waals surface area (Å²) in [6.07, 6.45) is 5.61. The Morgan fingerprint density at radius 1 is 1.40 bits per heavy atom. The van der Waals surface area contributed by atoms with Crippen molar-refractivity contribution in [1.82, 2.24) is 10.2 Å². The third kappa shape index (κ3) is 4.62. The van der Waals surface area contributed by atoms with Gasteiger partial charge in [0.05, 0.1) is 11.9 Å². The van der Waals surface area contributed by atoms with Gasteiger partial charge in [-0.1, -0.05) is 13.8 Å². The number of likely N-dealkylation sites (tertiary alicyclic amines) is 1. The number of hydrogen-bond donors (Lipinski definition) is 1. The number of nitrogens with one attached hydrogen (secondary N) is 1. The smallest absolute Gasteiger partial charge is 0.105 e. The van der Waals surface area contributed by atoms with Crippen molar-refractivity contribution in [2.75, 3.05) is 19.6 Å². The summed E-state index contributed by atoms with van der Waals surface area (Å²) in [6.45, 7) is 16.1. The lowest BCUT2D eigenvalue weighted by Crippen LogP contribution is -2.46. The van der Waals surface area contributed by atoms with Crippen molar-refractivity contribution in [3.63, 3.8) is 0 Å². The van der Waals surface area contributed by atoms with Crippen LogP contribution in [0.3, 0.4) is 0 Å². The van der Waals surface area contributed by atoms with Gasteiger partial charge in [0, 0.05) is 43.9 Å². The van der Waals surface area contributed by atoms with E-state index in [0.717, 1.165) is 31.9 Å². The zero-order valence-corrected chi connectivity index (χ0v) is 17.0. The van der Waals surface area contributed by atoms with Crippen LogP contribution in [0.25, 0.3) is 0 Å². The first-order valence-corrected chi connectivity index (χ1v) is 10.1. The molecule has 0 aliphatic carbocycles. The fraction of sp³-hybridized carbons (Fsp3) is 0.850. The van der Waals surface area contributed by atoms with Gasteiger partial charge < -0.3 is 10.2 Å². The molecule has 142 valence electrons. The first-order valence-electron chi connectivity index (χ1n) is 10.1. The Balaban J connectivity index is 2.22. The average Bonchev–Trinajstić information content (AvgIpc) is 2.85. The molecule has 0 spiro atoms. The van der Waals surface area contributed by atoms with E-state index < -0.39 is 0 Å². The number of amidine groups is 2. The maximum atomic E-state index is 4.95. The van der Waals surface area contributed by atoms with Crippen LogP contribution in [0.2, 0.25) is 0 Å². The SMILES string of the molecule is CCC/N=C(\C)NC(C)C1/C(=N\CC)N(C2C=NCCC2)C(C)C1C. The highest BCUT2D eigenvalue weighted by Gasteiger charge is 2.46. The van der Waals surface area contributed by atoms with Crippen LogP contribution < -0.4 is 5.32 Å². The van der Waals surface area contributed by atoms with Gasteiger partial charge in [0.25, 0.3) is 0 Å². The maximum Gasteiger partial charge on any atom is 0.105 e. The Kier molecular flexibility index (Phi) is 7.45. The van der Waals surface area contributed by atoms with Gasteiger partial charge in [-0.25, -0.2) is 0 Å². The molecule has 5 nitrogen and oxygen atoms in total. The van der Waals surface area contributed by atoms with Crippen LogP contribution in [-0.4, -0.2) is 60.5 Å². The van der Waals surface area contributed by atoms with E-state index in [0.29, 0.717) is 30.0 Å². The molecule has 1 N–H and O–H groups in total. The topological polar surface area (TPSA) is 52.4 Å². The summed E-state index contributed by atoms with van der Waals surface area (Å²) in [6, 6.07) is 1.22. The van der Waals surface area contributed by atoms with E-state index >= 15 is 0 Å². The number of aliphatic imine (C=N–C) groups is 3. The molecule has 2 aliphatic heterocycles. The highest BCUT2D eigenvalue weighted by Crippen LogP contribution is 2.36. The lowest BCUT2D eigenvalue weighted by Gasteiger charge is -2.34. The Labute approximate surface area is 154 Å². The normalized spacial score (nSPS) is 33.1. The molecular formula is C20H37N5. The minimum absolute atomic E-state index is 0.328. The van der Waals surface area contributed by atoms with E-state index in [9.17, 15) is 0 Å². The van der Waals surface area contributed by atoms with Gasteiger partial charge >= 0.3 is 0 Å². The molecule has 1 fully saturated rings. The zero-order valence-electron chi connectivity index (χ0n) is 17.0. The molecule has 0 saturated carbocycles. The summed E-state index contributed by atoms with van der Waals surface area (Å²) < 4.78 is 0. The molecule has 0 amide bonds. The Morgan fingerprint density at radius 2 is 2.16 bits per heavy atom. The van der Waals surface area contributed by atoms with E-state index in [2.05, 4.69) is 68.0 Å². The van der Waals surface area contributed by atoms with E-state index in [1.807, 2.05) is 0 Å². The second-order valence-electron chi connectivity index (χ2n) is 7.53. The Hall–Kier alpha value is -1.39. The molecule has 0 radical (unpaired) electrons. The molecule has 5 atom stereocenters. The van der Waals surface area contributed by atoms with Crippen LogP contribution in [0.5, 0.6) is 0 Å². The van der Waals surface area contributed by atoms with Crippen molar-refractivity contribution >= 4 is 17.9 Å². The van der Waals surface area contributed by atoms with Crippen LogP contribution in [0.15, 0.2) is 15.0 Å². The van der Waals surface area contributed by atoms with Gasteiger partial charge in [-0.05, 0) is 52.9 Å². The summed E-state index contributed by atoms with van der Waals surface area (Å²) in [5.41, 5.74) is 0. The van der Waals surface area contributed by atoms with Crippen molar-refractivity contribution in [3.05, 3.63) is 0 Å². The second-order valence-corrected chi connectivity index (χ2v) is 7.53. The van der Waals surface area contributed by atoms with Crippen LogP contribution in [0, 0.1) is 11.8 Å². The Morgan fingerprint density at radius 3 is 2.76 bits per heavy atom.